The Hall–Kier alpha value is -3.42. The summed E-state index contributed by atoms with van der Waals surface area (Å²) in [6.45, 7) is 1.82. The monoisotopic (exact) mass is 474 g/mol. The number of hydrogen-bond donors (Lipinski definition) is 0. The van der Waals surface area contributed by atoms with Crippen LogP contribution in [-0.4, -0.2) is 37.4 Å². The lowest BCUT2D eigenvalue weighted by atomic mass is 9.80. The van der Waals surface area contributed by atoms with Crippen LogP contribution in [0.15, 0.2) is 83.9 Å². The van der Waals surface area contributed by atoms with E-state index in [9.17, 15) is 13.2 Å². The van der Waals surface area contributed by atoms with E-state index in [0.29, 0.717) is 5.56 Å². The van der Waals surface area contributed by atoms with E-state index >= 15 is 0 Å². The zero-order chi connectivity index (χ0) is 24.0. The Labute approximate surface area is 199 Å². The van der Waals surface area contributed by atoms with Gasteiger partial charge in [0.2, 0.25) is 0 Å². The van der Waals surface area contributed by atoms with E-state index < -0.39 is 10.1 Å². The molecule has 1 aliphatic heterocycles. The second-order valence-corrected chi connectivity index (χ2v) is 10.4. The third-order valence-electron chi connectivity index (χ3n) is 6.67. The smallest absolute Gasteiger partial charge is 0.296 e. The van der Waals surface area contributed by atoms with Crippen molar-refractivity contribution >= 4 is 26.9 Å². The van der Waals surface area contributed by atoms with E-state index in [1.54, 1.807) is 42.3 Å². The Kier molecular flexibility index (Phi) is 5.54. The van der Waals surface area contributed by atoms with Crippen LogP contribution in [0.25, 0.3) is 10.9 Å². The van der Waals surface area contributed by atoms with E-state index in [2.05, 4.69) is 0 Å². The van der Waals surface area contributed by atoms with E-state index in [4.69, 9.17) is 4.18 Å². The Morgan fingerprint density at radius 3 is 2.32 bits per heavy atom. The fraction of sp³-hybridized carbons (Fsp3) is 0.222. The molecule has 0 N–H and O–H groups in total. The molecule has 7 heteroatoms. The number of nitrogens with zero attached hydrogens (tertiary/aromatic N) is 2. The SMILES string of the molecule is Cc1ccc(S(=O)(=O)OC[C@@H]2c3ccccc3C(=O)N(C)[C@H]2c2cn(C)c3ccccc23)cc1. The number of hydrogen-bond acceptors (Lipinski definition) is 4. The largest absolute Gasteiger partial charge is 0.350 e. The van der Waals surface area contributed by atoms with Gasteiger partial charge in [-0.05, 0) is 36.8 Å². The topological polar surface area (TPSA) is 68.6 Å². The van der Waals surface area contributed by atoms with Crippen molar-refractivity contribution in [3.8, 4) is 0 Å². The fourth-order valence-electron chi connectivity index (χ4n) is 4.92. The number of benzene rings is 3. The van der Waals surface area contributed by atoms with Crippen molar-refractivity contribution < 1.29 is 17.4 Å². The van der Waals surface area contributed by atoms with Gasteiger partial charge in [-0.1, -0.05) is 54.1 Å². The van der Waals surface area contributed by atoms with Crippen molar-refractivity contribution in [1.29, 1.82) is 0 Å². The summed E-state index contributed by atoms with van der Waals surface area (Å²) in [5, 5.41) is 1.03. The van der Waals surface area contributed by atoms with E-state index in [1.807, 2.05) is 67.2 Å². The molecule has 0 saturated heterocycles. The highest BCUT2D eigenvalue weighted by Crippen LogP contribution is 2.44. The molecule has 0 bridgehead atoms. The van der Waals surface area contributed by atoms with Crippen LogP contribution in [0, 0.1) is 6.92 Å². The molecule has 34 heavy (non-hydrogen) atoms. The molecule has 174 valence electrons. The summed E-state index contributed by atoms with van der Waals surface area (Å²) in [6, 6.07) is 21.6. The first-order valence-corrected chi connectivity index (χ1v) is 12.5. The van der Waals surface area contributed by atoms with Gasteiger partial charge in [-0.15, -0.1) is 0 Å². The quantitative estimate of drug-likeness (QED) is 0.390. The Balaban J connectivity index is 1.60. The molecule has 0 aliphatic carbocycles. The lowest BCUT2D eigenvalue weighted by molar-refractivity contribution is 0.0646. The third kappa shape index (κ3) is 3.71. The molecule has 3 aromatic carbocycles. The minimum Gasteiger partial charge on any atom is -0.350 e. The van der Waals surface area contributed by atoms with Crippen LogP contribution in [0.1, 0.15) is 39.0 Å². The average Bonchev–Trinajstić information content (AvgIpc) is 3.17. The Morgan fingerprint density at radius 2 is 1.56 bits per heavy atom. The summed E-state index contributed by atoms with van der Waals surface area (Å²) in [6.07, 6.45) is 2.02. The fourth-order valence-corrected chi connectivity index (χ4v) is 5.85. The molecule has 1 amide bonds. The van der Waals surface area contributed by atoms with Crippen molar-refractivity contribution in [3.05, 3.63) is 101 Å². The summed E-state index contributed by atoms with van der Waals surface area (Å²) in [5.74, 6) is -0.462. The van der Waals surface area contributed by atoms with E-state index in [-0.39, 0.29) is 29.4 Å². The maximum absolute atomic E-state index is 13.3. The summed E-state index contributed by atoms with van der Waals surface area (Å²) >= 11 is 0. The van der Waals surface area contributed by atoms with Crippen LogP contribution in [0.4, 0.5) is 0 Å². The maximum Gasteiger partial charge on any atom is 0.296 e. The van der Waals surface area contributed by atoms with Gasteiger partial charge in [0.05, 0.1) is 17.5 Å². The third-order valence-corrected chi connectivity index (χ3v) is 7.96. The highest BCUT2D eigenvalue weighted by molar-refractivity contribution is 7.86. The first-order valence-electron chi connectivity index (χ1n) is 11.1. The van der Waals surface area contributed by atoms with Gasteiger partial charge in [-0.3, -0.25) is 8.98 Å². The molecule has 0 saturated carbocycles. The van der Waals surface area contributed by atoms with Gasteiger partial charge in [0.1, 0.15) is 0 Å². The van der Waals surface area contributed by atoms with Gasteiger partial charge in [0.25, 0.3) is 16.0 Å². The molecule has 0 fully saturated rings. The normalized spacial score (nSPS) is 18.3. The van der Waals surface area contributed by atoms with Crippen LogP contribution in [0.5, 0.6) is 0 Å². The van der Waals surface area contributed by atoms with Crippen molar-refractivity contribution in [3.63, 3.8) is 0 Å². The van der Waals surface area contributed by atoms with Gasteiger partial charge >= 0.3 is 0 Å². The molecule has 6 nitrogen and oxygen atoms in total. The molecule has 1 aromatic heterocycles. The number of para-hydroxylation sites is 1. The molecule has 5 rings (SSSR count). The van der Waals surface area contributed by atoms with Gasteiger partial charge in [0, 0.05) is 48.2 Å². The minimum atomic E-state index is -3.96. The minimum absolute atomic E-state index is 0.0846. The number of aryl methyl sites for hydroxylation is 2. The first kappa shape index (κ1) is 22.4. The number of fused-ring (bicyclic) bond motifs is 2. The van der Waals surface area contributed by atoms with Crippen LogP contribution >= 0.6 is 0 Å². The van der Waals surface area contributed by atoms with Gasteiger partial charge in [-0.2, -0.15) is 8.42 Å². The van der Waals surface area contributed by atoms with Crippen molar-refractivity contribution in [1.82, 2.24) is 9.47 Å². The second-order valence-electron chi connectivity index (χ2n) is 8.82. The molecule has 0 unspecified atom stereocenters. The van der Waals surface area contributed by atoms with E-state index in [1.165, 1.54) is 0 Å². The van der Waals surface area contributed by atoms with Crippen molar-refractivity contribution in [2.24, 2.45) is 7.05 Å². The number of aromatic nitrogens is 1. The zero-order valence-corrected chi connectivity index (χ0v) is 20.1. The summed E-state index contributed by atoms with van der Waals surface area (Å²) in [7, 11) is -0.221. The van der Waals surface area contributed by atoms with Gasteiger partial charge < -0.3 is 9.47 Å². The van der Waals surface area contributed by atoms with Crippen molar-refractivity contribution in [2.45, 2.75) is 23.8 Å². The standard InChI is InChI=1S/C27H26N2O4S/c1-18-12-14-19(15-13-18)34(31,32)33-17-24-20-8-4-5-10-22(20)27(30)29(3)26(24)23-16-28(2)25-11-7-6-9-21(23)25/h4-16,24,26H,17H2,1-3H3/t24-,26+/m1/s1. The lowest BCUT2D eigenvalue weighted by Crippen LogP contribution is -2.41. The highest BCUT2D eigenvalue weighted by atomic mass is 32.2. The molecule has 2 heterocycles. The highest BCUT2D eigenvalue weighted by Gasteiger charge is 2.40. The number of carbonyl (C=O) groups is 1. The van der Waals surface area contributed by atoms with Crippen LogP contribution in [-0.2, 0) is 21.3 Å². The first-order chi connectivity index (χ1) is 16.3. The van der Waals surface area contributed by atoms with Gasteiger partial charge in [0.15, 0.2) is 0 Å². The van der Waals surface area contributed by atoms with Gasteiger partial charge in [-0.25, -0.2) is 0 Å². The molecule has 1 aliphatic rings. The van der Waals surface area contributed by atoms with Crippen molar-refractivity contribution in [2.75, 3.05) is 13.7 Å². The number of rotatable bonds is 5. The summed E-state index contributed by atoms with van der Waals surface area (Å²) < 4.78 is 33.7. The molecule has 0 radical (unpaired) electrons. The van der Waals surface area contributed by atoms with Crippen LogP contribution < -0.4 is 0 Å². The molecular formula is C27H26N2O4S. The zero-order valence-electron chi connectivity index (χ0n) is 19.3. The molecule has 2 atom stereocenters. The van der Waals surface area contributed by atoms with E-state index in [0.717, 1.165) is 27.6 Å². The predicted octanol–water partition coefficient (Wildman–Crippen LogP) is 4.80. The number of amides is 1. The predicted molar refractivity (Wildman–Crippen MR) is 131 cm³/mol. The molecule has 4 aromatic rings. The Morgan fingerprint density at radius 1 is 0.882 bits per heavy atom. The summed E-state index contributed by atoms with van der Waals surface area (Å²) in [4.78, 5) is 15.1. The number of likely N-dealkylation sites (N-methyl/N-ethyl adjacent to an activating group) is 1. The molecular weight excluding hydrogens is 448 g/mol. The lowest BCUT2D eigenvalue weighted by Gasteiger charge is -2.40. The second kappa shape index (κ2) is 8.42. The number of carbonyl (C=O) groups excluding carboxylic acids is 1. The maximum atomic E-state index is 13.3. The van der Waals surface area contributed by atoms with Crippen LogP contribution in [0.3, 0.4) is 0 Å². The van der Waals surface area contributed by atoms with Crippen LogP contribution in [0.2, 0.25) is 0 Å². The molecule has 0 spiro atoms. The average molecular weight is 475 g/mol. The Bertz CT molecular complexity index is 1490. The summed E-state index contributed by atoms with van der Waals surface area (Å²) in [5.41, 5.74) is 4.34.